The summed E-state index contributed by atoms with van der Waals surface area (Å²) in [6, 6.07) is 9.99. The Morgan fingerprint density at radius 3 is 2.39 bits per heavy atom. The van der Waals surface area contributed by atoms with E-state index in [9.17, 15) is 27.2 Å². The van der Waals surface area contributed by atoms with Crippen LogP contribution in [0.3, 0.4) is 0 Å². The molecule has 2 amide bonds. The van der Waals surface area contributed by atoms with Crippen LogP contribution in [0.1, 0.15) is 16.2 Å². The fraction of sp³-hybridized carbons (Fsp3) is 0.158. The highest BCUT2D eigenvalue weighted by molar-refractivity contribution is 6.04. The van der Waals surface area contributed by atoms with Crippen LogP contribution in [0.25, 0.3) is 5.69 Å². The Labute approximate surface area is 173 Å². The van der Waals surface area contributed by atoms with Gasteiger partial charge in [-0.25, -0.2) is 13.9 Å². The molecule has 3 rings (SSSR count). The topological polar surface area (TPSA) is 89.3 Å². The molecule has 0 saturated carbocycles. The van der Waals surface area contributed by atoms with E-state index >= 15 is 0 Å². The third-order valence-corrected chi connectivity index (χ3v) is 4.17. The highest BCUT2D eigenvalue weighted by atomic mass is 19.4. The van der Waals surface area contributed by atoms with Gasteiger partial charge in [-0.05, 0) is 42.5 Å². The van der Waals surface area contributed by atoms with E-state index in [1.54, 1.807) is 0 Å². The van der Waals surface area contributed by atoms with Gasteiger partial charge in [0, 0.05) is 18.4 Å². The molecule has 31 heavy (non-hydrogen) atoms. The highest BCUT2D eigenvalue weighted by Gasteiger charge is 2.42. The highest BCUT2D eigenvalue weighted by Crippen LogP contribution is 2.33. The first-order valence-corrected chi connectivity index (χ1v) is 8.63. The number of anilines is 2. The van der Waals surface area contributed by atoms with Crippen molar-refractivity contribution in [3.8, 4) is 5.69 Å². The van der Waals surface area contributed by atoms with Crippen LogP contribution >= 0.6 is 0 Å². The van der Waals surface area contributed by atoms with Crippen LogP contribution in [0.2, 0.25) is 0 Å². The summed E-state index contributed by atoms with van der Waals surface area (Å²) in [5.41, 5.74) is -2.09. The van der Waals surface area contributed by atoms with Gasteiger partial charge in [-0.15, -0.1) is 5.10 Å². The maximum atomic E-state index is 13.7. The number of alkyl halides is 3. The van der Waals surface area contributed by atoms with Crippen LogP contribution in [-0.4, -0.2) is 41.2 Å². The van der Waals surface area contributed by atoms with Crippen LogP contribution in [-0.2, 0) is 10.9 Å². The predicted octanol–water partition coefficient (Wildman–Crippen LogP) is 3.88. The van der Waals surface area contributed by atoms with Gasteiger partial charge in [0.25, 0.3) is 5.91 Å². The van der Waals surface area contributed by atoms with Crippen LogP contribution in [0.15, 0.2) is 48.5 Å². The second kappa shape index (κ2) is 8.42. The number of halogens is 4. The number of carbonyl (C=O) groups is 2. The van der Waals surface area contributed by atoms with Gasteiger partial charge in [0.05, 0.1) is 12.8 Å². The molecule has 0 radical (unpaired) electrons. The normalized spacial score (nSPS) is 11.2. The molecule has 0 aliphatic carbocycles. The van der Waals surface area contributed by atoms with Crippen molar-refractivity contribution in [1.82, 2.24) is 15.0 Å². The molecule has 1 N–H and O–H groups in total. The number of benzene rings is 2. The third kappa shape index (κ3) is 4.63. The molecule has 8 nitrogen and oxygen atoms in total. The minimum Gasteiger partial charge on any atom is -0.452 e. The molecule has 0 atom stereocenters. The molecule has 0 saturated heterocycles. The second-order valence-corrected chi connectivity index (χ2v) is 6.21. The lowest BCUT2D eigenvalue weighted by atomic mass is 10.2. The van der Waals surface area contributed by atoms with Gasteiger partial charge in [0.15, 0.2) is 11.4 Å². The first kappa shape index (κ1) is 21.7. The van der Waals surface area contributed by atoms with Crippen LogP contribution in [0.4, 0.5) is 33.7 Å². The van der Waals surface area contributed by atoms with Gasteiger partial charge >= 0.3 is 12.3 Å². The Hall–Kier alpha value is -3.96. The fourth-order valence-electron chi connectivity index (χ4n) is 2.68. The number of ether oxygens (including phenoxy) is 1. The Morgan fingerprint density at radius 1 is 1.13 bits per heavy atom. The van der Waals surface area contributed by atoms with E-state index in [1.807, 2.05) is 0 Å². The molecule has 0 bridgehead atoms. The zero-order valence-electron chi connectivity index (χ0n) is 16.1. The summed E-state index contributed by atoms with van der Waals surface area (Å²) in [7, 11) is 2.67. The predicted molar refractivity (Wildman–Crippen MR) is 102 cm³/mol. The maximum Gasteiger partial charge on any atom is 0.435 e. The van der Waals surface area contributed by atoms with E-state index in [2.05, 4.69) is 20.4 Å². The average Bonchev–Trinajstić information content (AvgIpc) is 3.19. The van der Waals surface area contributed by atoms with Crippen LogP contribution in [0.5, 0.6) is 0 Å². The molecule has 0 unspecified atom stereocenters. The van der Waals surface area contributed by atoms with E-state index in [-0.39, 0.29) is 11.4 Å². The van der Waals surface area contributed by atoms with Crippen molar-refractivity contribution >= 4 is 23.4 Å². The van der Waals surface area contributed by atoms with Gasteiger partial charge in [-0.2, -0.15) is 13.2 Å². The number of aromatic nitrogens is 3. The van der Waals surface area contributed by atoms with Crippen LogP contribution in [0, 0.1) is 5.82 Å². The van der Waals surface area contributed by atoms with Crippen molar-refractivity contribution in [3.63, 3.8) is 0 Å². The first-order valence-electron chi connectivity index (χ1n) is 8.63. The fourth-order valence-corrected chi connectivity index (χ4v) is 2.68. The first-order chi connectivity index (χ1) is 14.6. The van der Waals surface area contributed by atoms with Crippen LogP contribution < -0.4 is 10.2 Å². The summed E-state index contributed by atoms with van der Waals surface area (Å²) in [5, 5.41) is 9.03. The number of rotatable bonds is 4. The summed E-state index contributed by atoms with van der Waals surface area (Å²) in [5.74, 6) is -1.94. The van der Waals surface area contributed by atoms with Crippen molar-refractivity contribution < 1.29 is 31.9 Å². The Balaban J connectivity index is 1.89. The van der Waals surface area contributed by atoms with Gasteiger partial charge in [-0.1, -0.05) is 11.3 Å². The summed E-state index contributed by atoms with van der Waals surface area (Å²) in [6.07, 6.45) is -5.61. The molecule has 162 valence electrons. The summed E-state index contributed by atoms with van der Waals surface area (Å²) in [4.78, 5) is 25.2. The van der Waals surface area contributed by atoms with Crippen molar-refractivity contribution in [3.05, 3.63) is 65.7 Å². The largest absolute Gasteiger partial charge is 0.452 e. The number of hydrogen-bond donors (Lipinski definition) is 1. The SMILES string of the molecule is COC(=O)N(C)c1ccc(NC(=O)c2nnn(-c3cccc(F)c3)c2C(F)(F)F)cc1. The maximum absolute atomic E-state index is 13.7. The van der Waals surface area contributed by atoms with E-state index < -0.39 is 35.4 Å². The summed E-state index contributed by atoms with van der Waals surface area (Å²) in [6.45, 7) is 0. The van der Waals surface area contributed by atoms with E-state index in [4.69, 9.17) is 0 Å². The van der Waals surface area contributed by atoms with Gasteiger partial charge < -0.3 is 10.1 Å². The molecule has 3 aromatic rings. The number of hydrogen-bond acceptors (Lipinski definition) is 5. The molecule has 0 aliphatic rings. The molecule has 12 heteroatoms. The number of nitrogens with zero attached hydrogens (tertiary/aromatic N) is 4. The van der Waals surface area contributed by atoms with Crippen molar-refractivity contribution in [1.29, 1.82) is 0 Å². The average molecular weight is 437 g/mol. The lowest BCUT2D eigenvalue weighted by Crippen LogP contribution is -2.25. The van der Waals surface area contributed by atoms with Gasteiger partial charge in [-0.3, -0.25) is 9.69 Å². The lowest BCUT2D eigenvalue weighted by molar-refractivity contribution is -0.143. The quantitative estimate of drug-likeness (QED) is 0.626. The Kier molecular flexibility index (Phi) is 5.90. The number of carbonyl (C=O) groups excluding carboxylic acids is 2. The molecule has 0 spiro atoms. The zero-order valence-corrected chi connectivity index (χ0v) is 16.1. The monoisotopic (exact) mass is 437 g/mol. The Morgan fingerprint density at radius 2 is 1.81 bits per heavy atom. The second-order valence-electron chi connectivity index (χ2n) is 6.21. The van der Waals surface area contributed by atoms with Gasteiger partial charge in [0.2, 0.25) is 0 Å². The third-order valence-electron chi connectivity index (χ3n) is 4.17. The molecule has 0 fully saturated rings. The standard InChI is InChI=1S/C19H15F4N5O3/c1-27(18(30)31-2)13-8-6-12(7-9-13)24-17(29)15-16(19(21,22)23)28(26-25-15)14-5-3-4-11(20)10-14/h3-10H,1-2H3,(H,24,29). The number of amides is 2. The van der Waals surface area contributed by atoms with Crippen molar-refractivity contribution in [2.24, 2.45) is 0 Å². The molecule has 2 aromatic carbocycles. The van der Waals surface area contributed by atoms with E-state index in [1.165, 1.54) is 55.5 Å². The van der Waals surface area contributed by atoms with Crippen molar-refractivity contribution in [2.45, 2.75) is 6.18 Å². The Bertz CT molecular complexity index is 1110. The lowest BCUT2D eigenvalue weighted by Gasteiger charge is -2.16. The molecular weight excluding hydrogens is 422 g/mol. The zero-order chi connectivity index (χ0) is 22.8. The summed E-state index contributed by atoms with van der Waals surface area (Å²) < 4.78 is 59.3. The molecule has 1 heterocycles. The molecule has 0 aliphatic heterocycles. The summed E-state index contributed by atoms with van der Waals surface area (Å²) >= 11 is 0. The number of nitrogens with one attached hydrogen (secondary N) is 1. The van der Waals surface area contributed by atoms with Gasteiger partial charge in [0.1, 0.15) is 5.82 Å². The minimum absolute atomic E-state index is 0.153. The smallest absolute Gasteiger partial charge is 0.435 e. The van der Waals surface area contributed by atoms with E-state index in [0.29, 0.717) is 10.4 Å². The van der Waals surface area contributed by atoms with Crippen molar-refractivity contribution in [2.75, 3.05) is 24.4 Å². The molecule has 1 aromatic heterocycles. The minimum atomic E-state index is -4.99. The number of methoxy groups -OCH3 is 1. The molecular formula is C19H15F4N5O3. The van der Waals surface area contributed by atoms with E-state index in [0.717, 1.165) is 12.1 Å².